The number of carbonyl (C=O) groups is 2. The number of fused-ring (bicyclic) bond motifs is 1. The number of amides is 2. The van der Waals surface area contributed by atoms with Crippen molar-refractivity contribution in [3.63, 3.8) is 0 Å². The van der Waals surface area contributed by atoms with Crippen LogP contribution >= 0.6 is 0 Å². The summed E-state index contributed by atoms with van der Waals surface area (Å²) in [5.74, 6) is -0.0170. The molecule has 0 aliphatic carbocycles. The summed E-state index contributed by atoms with van der Waals surface area (Å²) in [7, 11) is -0.301. The van der Waals surface area contributed by atoms with Gasteiger partial charge in [-0.25, -0.2) is 8.42 Å². The van der Waals surface area contributed by atoms with Crippen LogP contribution in [0.4, 0.5) is 11.4 Å². The number of hydrogen-bond acceptors (Lipinski definition) is 8. The number of methoxy groups -OCH3 is 1. The van der Waals surface area contributed by atoms with Crippen molar-refractivity contribution in [1.29, 1.82) is 0 Å². The van der Waals surface area contributed by atoms with Crippen LogP contribution in [-0.4, -0.2) is 110 Å². The van der Waals surface area contributed by atoms with Crippen molar-refractivity contribution in [2.75, 3.05) is 69.2 Å². The molecule has 0 unspecified atom stereocenters. The number of aliphatic hydroxyl groups excluding tert-OH is 1. The number of ether oxygens (including phenoxy) is 1. The van der Waals surface area contributed by atoms with Gasteiger partial charge < -0.3 is 24.6 Å². The summed E-state index contributed by atoms with van der Waals surface area (Å²) in [4.78, 5) is 32.9. The van der Waals surface area contributed by atoms with E-state index in [1.54, 1.807) is 6.07 Å². The van der Waals surface area contributed by atoms with Crippen LogP contribution in [0.5, 0.6) is 5.75 Å². The number of piperazine rings is 1. The summed E-state index contributed by atoms with van der Waals surface area (Å²) in [5.41, 5.74) is 3.60. The van der Waals surface area contributed by atoms with E-state index in [1.807, 2.05) is 66.5 Å². The molecular formula is C33H46N6O6S. The number of carbonyl (C=O) groups excluding carboxylic acids is 2. The molecule has 0 saturated carbocycles. The molecule has 2 saturated heterocycles. The van der Waals surface area contributed by atoms with Gasteiger partial charge in [-0.05, 0) is 41.2 Å². The lowest BCUT2D eigenvalue weighted by atomic mass is 9.86. The summed E-state index contributed by atoms with van der Waals surface area (Å²) in [6.45, 7) is 11.2. The van der Waals surface area contributed by atoms with Gasteiger partial charge in [0.2, 0.25) is 15.9 Å². The maximum absolute atomic E-state index is 13.8. The maximum Gasteiger partial charge on any atom is 0.272 e. The van der Waals surface area contributed by atoms with E-state index in [2.05, 4.69) is 21.0 Å². The first kappa shape index (κ1) is 33.7. The fraction of sp³-hybridized carbons (Fsp3) is 0.515. The van der Waals surface area contributed by atoms with E-state index in [1.165, 1.54) is 7.11 Å². The summed E-state index contributed by atoms with van der Waals surface area (Å²) < 4.78 is 34.3. The smallest absolute Gasteiger partial charge is 0.272 e. The van der Waals surface area contributed by atoms with Gasteiger partial charge >= 0.3 is 0 Å². The van der Waals surface area contributed by atoms with Crippen LogP contribution in [0, 0.1) is 0 Å². The van der Waals surface area contributed by atoms with E-state index >= 15 is 0 Å². The second kappa shape index (κ2) is 13.2. The monoisotopic (exact) mass is 654 g/mol. The Bertz CT molecular complexity index is 1720. The Labute approximate surface area is 271 Å². The number of nitrogens with zero attached hydrogens (tertiary/aromatic N) is 4. The zero-order valence-electron chi connectivity index (χ0n) is 27.6. The van der Waals surface area contributed by atoms with Crippen LogP contribution in [0.1, 0.15) is 48.8 Å². The molecule has 0 spiro atoms. The van der Waals surface area contributed by atoms with Gasteiger partial charge in [0.15, 0.2) is 5.75 Å². The molecule has 2 fully saturated rings. The van der Waals surface area contributed by atoms with Gasteiger partial charge in [0.25, 0.3) is 5.91 Å². The molecule has 2 aromatic carbocycles. The molecule has 2 aliphatic heterocycles. The molecule has 1 atom stereocenters. The lowest BCUT2D eigenvalue weighted by molar-refractivity contribution is -0.134. The number of nitrogens with one attached hydrogen (secondary N) is 2. The first-order chi connectivity index (χ1) is 21.6. The van der Waals surface area contributed by atoms with E-state index in [-0.39, 0.29) is 34.8 Å². The lowest BCUT2D eigenvalue weighted by Gasteiger charge is -2.35. The van der Waals surface area contributed by atoms with E-state index in [4.69, 9.17) is 4.74 Å². The Morgan fingerprint density at radius 3 is 2.33 bits per heavy atom. The largest absolute Gasteiger partial charge is 0.492 e. The highest BCUT2D eigenvalue weighted by Gasteiger charge is 2.28. The number of rotatable bonds is 9. The van der Waals surface area contributed by atoms with Crippen molar-refractivity contribution in [3.05, 3.63) is 53.2 Å². The van der Waals surface area contributed by atoms with E-state index in [9.17, 15) is 23.1 Å². The predicted octanol–water partition coefficient (Wildman–Crippen LogP) is 2.82. The maximum atomic E-state index is 13.8. The van der Waals surface area contributed by atoms with Gasteiger partial charge in [0.05, 0.1) is 42.9 Å². The molecule has 12 nitrogen and oxygen atoms in total. The van der Waals surface area contributed by atoms with E-state index in [0.29, 0.717) is 44.1 Å². The molecule has 2 amide bonds. The number of likely N-dealkylation sites (tertiary alicyclic amines) is 1. The fourth-order valence-electron chi connectivity index (χ4n) is 6.33. The summed E-state index contributed by atoms with van der Waals surface area (Å²) in [6, 6.07) is 11.4. The molecular weight excluding hydrogens is 608 g/mol. The second-order valence-electron chi connectivity index (χ2n) is 13.5. The Morgan fingerprint density at radius 1 is 1.02 bits per heavy atom. The minimum atomic E-state index is -3.61. The summed E-state index contributed by atoms with van der Waals surface area (Å²) in [5, 5.41) is 13.7. The second-order valence-corrected chi connectivity index (χ2v) is 15.2. The molecule has 3 aromatic rings. The van der Waals surface area contributed by atoms with Crippen LogP contribution in [0.15, 0.2) is 36.4 Å². The van der Waals surface area contributed by atoms with Crippen molar-refractivity contribution < 1.29 is 27.9 Å². The Kier molecular flexibility index (Phi) is 9.69. The van der Waals surface area contributed by atoms with Crippen LogP contribution < -0.4 is 14.8 Å². The highest BCUT2D eigenvalue weighted by atomic mass is 32.2. The number of para-hydroxylation sites is 1. The average molecular weight is 655 g/mol. The van der Waals surface area contributed by atoms with E-state index in [0.717, 1.165) is 54.3 Å². The third kappa shape index (κ3) is 7.65. The highest BCUT2D eigenvalue weighted by molar-refractivity contribution is 7.92. The van der Waals surface area contributed by atoms with Crippen molar-refractivity contribution in [2.45, 2.75) is 45.3 Å². The highest BCUT2D eigenvalue weighted by Crippen LogP contribution is 2.39. The first-order valence-corrected chi connectivity index (χ1v) is 17.5. The van der Waals surface area contributed by atoms with Gasteiger partial charge in [0.1, 0.15) is 5.69 Å². The van der Waals surface area contributed by atoms with Gasteiger partial charge in [-0.2, -0.15) is 0 Å². The Balaban J connectivity index is 1.33. The minimum Gasteiger partial charge on any atom is -0.492 e. The van der Waals surface area contributed by atoms with Gasteiger partial charge in [-0.1, -0.05) is 39.0 Å². The van der Waals surface area contributed by atoms with Crippen LogP contribution in [0.2, 0.25) is 0 Å². The van der Waals surface area contributed by atoms with Crippen molar-refractivity contribution >= 4 is 44.1 Å². The van der Waals surface area contributed by atoms with Crippen LogP contribution in [0.25, 0.3) is 10.9 Å². The number of hydrogen-bond donors (Lipinski definition) is 3. The zero-order valence-corrected chi connectivity index (χ0v) is 28.4. The molecule has 13 heteroatoms. The molecule has 5 rings (SSSR count). The van der Waals surface area contributed by atoms with Gasteiger partial charge in [0, 0.05) is 58.2 Å². The summed E-state index contributed by atoms with van der Waals surface area (Å²) in [6.07, 6.45) is 1.46. The summed E-state index contributed by atoms with van der Waals surface area (Å²) >= 11 is 0. The van der Waals surface area contributed by atoms with Crippen molar-refractivity contribution in [3.8, 4) is 5.75 Å². The third-order valence-corrected chi connectivity index (χ3v) is 9.39. The molecule has 3 heterocycles. The number of benzene rings is 2. The van der Waals surface area contributed by atoms with Crippen LogP contribution in [0.3, 0.4) is 0 Å². The van der Waals surface area contributed by atoms with Crippen molar-refractivity contribution in [2.24, 2.45) is 7.05 Å². The molecule has 0 radical (unpaired) electrons. The normalized spacial score (nSPS) is 18.2. The first-order valence-electron chi connectivity index (χ1n) is 15.6. The minimum absolute atomic E-state index is 0.109. The number of aliphatic hydroxyl groups is 1. The Morgan fingerprint density at radius 2 is 1.72 bits per heavy atom. The number of aryl methyl sites for hydroxylation is 1. The van der Waals surface area contributed by atoms with Gasteiger partial charge in [-0.3, -0.25) is 24.1 Å². The third-order valence-electron chi connectivity index (χ3n) is 8.80. The predicted molar refractivity (Wildman–Crippen MR) is 180 cm³/mol. The molecule has 2 aliphatic rings. The van der Waals surface area contributed by atoms with E-state index < -0.39 is 10.0 Å². The molecule has 250 valence electrons. The topological polar surface area (TPSA) is 136 Å². The molecule has 3 N–H and O–H groups in total. The molecule has 1 aromatic heterocycles. The number of aromatic nitrogens is 1. The fourth-order valence-corrected chi connectivity index (χ4v) is 6.88. The zero-order chi connectivity index (χ0) is 33.4. The lowest BCUT2D eigenvalue weighted by Crippen LogP contribution is -2.50. The standard InChI is InChI=1S/C33H46N6O6S/c1-33(2,3)24-17-26(31(45-5)27(18-24)35-46(6,43)44)34-32(42)28-16-22-8-7-9-23(30(22)36(28)4)19-37-12-14-39(15-13-37)29(41)21-38-11-10-25(40)20-38/h7-9,16-18,25,35,40H,10-15,19-21H2,1-6H3,(H,34,42)/t25-/m0/s1. The quantitative estimate of drug-likeness (QED) is 0.321. The van der Waals surface area contributed by atoms with Crippen LogP contribution in [-0.2, 0) is 33.8 Å². The van der Waals surface area contributed by atoms with Crippen molar-refractivity contribution in [1.82, 2.24) is 19.3 Å². The number of anilines is 2. The number of sulfonamides is 1. The molecule has 46 heavy (non-hydrogen) atoms. The number of β-amino-alcohol motifs (C(OH)–C–C–N with tert-alkyl or cyclic N) is 1. The SMILES string of the molecule is COc1c(NC(=O)c2cc3cccc(CN4CCN(C(=O)CN5CC[C@H](O)C5)CC4)c3n2C)cc(C(C)(C)C)cc1NS(C)(=O)=O. The van der Waals surface area contributed by atoms with Gasteiger partial charge in [-0.15, -0.1) is 0 Å². The average Bonchev–Trinajstić information content (AvgIpc) is 3.54. The molecule has 0 bridgehead atoms. The Hall–Kier alpha value is -3.65.